The van der Waals surface area contributed by atoms with Gasteiger partial charge in [-0.25, -0.2) is 0 Å². The minimum atomic E-state index is -0.419. The molecule has 0 aromatic carbocycles. The fourth-order valence-electron chi connectivity index (χ4n) is 1.41. The smallest absolute Gasteiger partial charge is 0.0859 e. The molecule has 78 valence electrons. The predicted octanol–water partition coefficient (Wildman–Crippen LogP) is 2.37. The number of aliphatic hydroxyl groups excluding tert-OH is 1. The lowest BCUT2D eigenvalue weighted by Gasteiger charge is -2.26. The van der Waals surface area contributed by atoms with Crippen molar-refractivity contribution in [2.75, 3.05) is 6.61 Å². The molecule has 0 bridgehead atoms. The Labute approximate surface area is 81.6 Å². The highest BCUT2D eigenvalue weighted by atomic mass is 16.5. The average Bonchev–Trinajstić information content (AvgIpc) is 1.97. The van der Waals surface area contributed by atoms with Crippen LogP contribution in [0, 0.1) is 5.92 Å². The minimum Gasteiger partial charge on any atom is -0.390 e. The zero-order valence-electron chi connectivity index (χ0n) is 9.21. The first-order chi connectivity index (χ1) is 5.99. The molecule has 2 heteroatoms. The number of ether oxygens (including phenoxy) is 1. The van der Waals surface area contributed by atoms with Gasteiger partial charge in [0.05, 0.1) is 12.2 Å². The summed E-state index contributed by atoms with van der Waals surface area (Å²) in [6, 6.07) is 0. The van der Waals surface area contributed by atoms with Crippen LogP contribution in [0.15, 0.2) is 12.2 Å². The Bertz CT molecular complexity index is 152. The first kappa shape index (κ1) is 12.7. The normalized spacial score (nSPS) is 15.8. The van der Waals surface area contributed by atoms with Crippen molar-refractivity contribution in [2.24, 2.45) is 5.92 Å². The van der Waals surface area contributed by atoms with E-state index in [1.807, 2.05) is 13.8 Å². The molecule has 0 aliphatic rings. The molecule has 0 aliphatic carbocycles. The van der Waals surface area contributed by atoms with E-state index in [9.17, 15) is 5.11 Å². The second-order valence-corrected chi connectivity index (χ2v) is 3.89. The van der Waals surface area contributed by atoms with Gasteiger partial charge in [-0.2, -0.15) is 0 Å². The fraction of sp³-hybridized carbons (Fsp3) is 0.818. The highest BCUT2D eigenvalue weighted by Crippen LogP contribution is 2.16. The summed E-state index contributed by atoms with van der Waals surface area (Å²) in [6.07, 6.45) is 0.141. The minimum absolute atomic E-state index is 0.0679. The molecule has 0 amide bonds. The summed E-state index contributed by atoms with van der Waals surface area (Å²) >= 11 is 0. The van der Waals surface area contributed by atoms with Gasteiger partial charge in [-0.1, -0.05) is 19.4 Å². The molecular formula is C11H22O2. The van der Waals surface area contributed by atoms with Crippen LogP contribution in [-0.4, -0.2) is 23.9 Å². The van der Waals surface area contributed by atoms with Gasteiger partial charge in [0, 0.05) is 6.61 Å². The quantitative estimate of drug-likeness (QED) is 0.645. The fourth-order valence-corrected chi connectivity index (χ4v) is 1.41. The van der Waals surface area contributed by atoms with Crippen molar-refractivity contribution < 1.29 is 9.84 Å². The van der Waals surface area contributed by atoms with Gasteiger partial charge in [-0.05, 0) is 26.2 Å². The second kappa shape index (κ2) is 6.17. The molecule has 0 spiro atoms. The maximum atomic E-state index is 9.80. The molecule has 0 heterocycles. The molecule has 2 unspecified atom stereocenters. The molecule has 1 N–H and O–H groups in total. The van der Waals surface area contributed by atoms with Crippen LogP contribution in [0.4, 0.5) is 0 Å². The zero-order valence-corrected chi connectivity index (χ0v) is 9.21. The highest BCUT2D eigenvalue weighted by molar-refractivity contribution is 4.93. The van der Waals surface area contributed by atoms with Crippen LogP contribution in [-0.2, 0) is 4.74 Å². The van der Waals surface area contributed by atoms with Crippen LogP contribution < -0.4 is 0 Å². The van der Waals surface area contributed by atoms with Crippen LogP contribution in [0.25, 0.3) is 0 Å². The Balaban J connectivity index is 4.10. The number of aliphatic hydroxyl groups is 1. The van der Waals surface area contributed by atoms with Crippen LogP contribution in [0.1, 0.15) is 34.1 Å². The summed E-state index contributed by atoms with van der Waals surface area (Å²) in [4.78, 5) is 0. The monoisotopic (exact) mass is 186 g/mol. The third-order valence-corrected chi connectivity index (χ3v) is 1.95. The van der Waals surface area contributed by atoms with E-state index in [-0.39, 0.29) is 6.10 Å². The maximum Gasteiger partial charge on any atom is 0.0859 e. The van der Waals surface area contributed by atoms with Crippen LogP contribution in [0.3, 0.4) is 0 Å². The van der Waals surface area contributed by atoms with Gasteiger partial charge in [-0.3, -0.25) is 0 Å². The molecule has 2 nitrogen and oxygen atoms in total. The van der Waals surface area contributed by atoms with E-state index in [0.717, 1.165) is 5.57 Å². The topological polar surface area (TPSA) is 29.5 Å². The number of rotatable bonds is 6. The Kier molecular flexibility index (Phi) is 6.00. The standard InChI is InChI=1S/C11H22O2/c1-6-13-11(9(4)5)10(12)7-8(2)3/h9-12H,2,6-7H2,1,3-5H3. The van der Waals surface area contributed by atoms with Crippen LogP contribution >= 0.6 is 0 Å². The molecule has 0 saturated heterocycles. The molecule has 2 atom stereocenters. The van der Waals surface area contributed by atoms with E-state index in [2.05, 4.69) is 20.4 Å². The van der Waals surface area contributed by atoms with Crippen LogP contribution in [0.5, 0.6) is 0 Å². The summed E-state index contributed by atoms with van der Waals surface area (Å²) in [5.41, 5.74) is 0.998. The third-order valence-electron chi connectivity index (χ3n) is 1.95. The van der Waals surface area contributed by atoms with E-state index in [0.29, 0.717) is 18.9 Å². The summed E-state index contributed by atoms with van der Waals surface area (Å²) < 4.78 is 5.47. The average molecular weight is 186 g/mol. The van der Waals surface area contributed by atoms with E-state index >= 15 is 0 Å². The Morgan fingerprint density at radius 1 is 1.46 bits per heavy atom. The third kappa shape index (κ3) is 5.06. The lowest BCUT2D eigenvalue weighted by atomic mass is 9.97. The summed E-state index contributed by atoms with van der Waals surface area (Å²) in [5.74, 6) is 0.342. The molecule has 0 aromatic heterocycles. The van der Waals surface area contributed by atoms with Gasteiger partial charge < -0.3 is 9.84 Å². The number of hydrogen-bond acceptors (Lipinski definition) is 2. The van der Waals surface area contributed by atoms with Gasteiger partial charge in [0.15, 0.2) is 0 Å². The summed E-state index contributed by atoms with van der Waals surface area (Å²) in [5, 5.41) is 9.80. The van der Waals surface area contributed by atoms with Crippen molar-refractivity contribution in [1.82, 2.24) is 0 Å². The first-order valence-corrected chi connectivity index (χ1v) is 4.93. The van der Waals surface area contributed by atoms with Crippen molar-refractivity contribution in [3.05, 3.63) is 12.2 Å². The van der Waals surface area contributed by atoms with Gasteiger partial charge in [0.25, 0.3) is 0 Å². The van der Waals surface area contributed by atoms with Crippen molar-refractivity contribution in [1.29, 1.82) is 0 Å². The Morgan fingerprint density at radius 2 is 2.00 bits per heavy atom. The Hall–Kier alpha value is -0.340. The van der Waals surface area contributed by atoms with E-state index < -0.39 is 6.10 Å². The Morgan fingerprint density at radius 3 is 2.31 bits per heavy atom. The molecule has 0 rings (SSSR count). The predicted molar refractivity (Wildman–Crippen MR) is 55.7 cm³/mol. The van der Waals surface area contributed by atoms with E-state index in [1.165, 1.54) is 0 Å². The van der Waals surface area contributed by atoms with E-state index in [1.54, 1.807) is 0 Å². The molecule has 0 aromatic rings. The lowest BCUT2D eigenvalue weighted by molar-refractivity contribution is -0.0561. The van der Waals surface area contributed by atoms with E-state index in [4.69, 9.17) is 4.74 Å². The molecule has 0 saturated carbocycles. The van der Waals surface area contributed by atoms with Crippen molar-refractivity contribution >= 4 is 0 Å². The molecule has 0 radical (unpaired) electrons. The highest BCUT2D eigenvalue weighted by Gasteiger charge is 2.22. The second-order valence-electron chi connectivity index (χ2n) is 3.89. The van der Waals surface area contributed by atoms with Crippen molar-refractivity contribution in [3.63, 3.8) is 0 Å². The van der Waals surface area contributed by atoms with Crippen LogP contribution in [0.2, 0.25) is 0 Å². The first-order valence-electron chi connectivity index (χ1n) is 4.93. The largest absolute Gasteiger partial charge is 0.390 e. The zero-order chi connectivity index (χ0) is 10.4. The molecule has 0 fully saturated rings. The molecule has 13 heavy (non-hydrogen) atoms. The molecular weight excluding hydrogens is 164 g/mol. The van der Waals surface area contributed by atoms with Crippen molar-refractivity contribution in [3.8, 4) is 0 Å². The van der Waals surface area contributed by atoms with Gasteiger partial charge in [0.1, 0.15) is 0 Å². The lowest BCUT2D eigenvalue weighted by Crippen LogP contribution is -2.33. The van der Waals surface area contributed by atoms with Gasteiger partial charge in [0.2, 0.25) is 0 Å². The maximum absolute atomic E-state index is 9.80. The van der Waals surface area contributed by atoms with Gasteiger partial charge in [-0.15, -0.1) is 6.58 Å². The number of hydrogen-bond donors (Lipinski definition) is 1. The molecule has 0 aliphatic heterocycles. The summed E-state index contributed by atoms with van der Waals surface area (Å²) in [6.45, 7) is 12.4. The van der Waals surface area contributed by atoms with Gasteiger partial charge >= 0.3 is 0 Å². The SMILES string of the molecule is C=C(C)CC(O)C(OCC)C(C)C. The summed E-state index contributed by atoms with van der Waals surface area (Å²) in [7, 11) is 0. The van der Waals surface area contributed by atoms with Crippen molar-refractivity contribution in [2.45, 2.75) is 46.3 Å².